The van der Waals surface area contributed by atoms with Gasteiger partial charge in [-0.3, -0.25) is 24.5 Å². The van der Waals surface area contributed by atoms with Crippen LogP contribution in [0.25, 0.3) is 0 Å². The van der Waals surface area contributed by atoms with Crippen LogP contribution in [-0.4, -0.2) is 41.7 Å². The van der Waals surface area contributed by atoms with E-state index in [1.165, 1.54) is 53.4 Å². The highest BCUT2D eigenvalue weighted by molar-refractivity contribution is 6.01. The van der Waals surface area contributed by atoms with Crippen molar-refractivity contribution in [1.29, 1.82) is 0 Å². The standard InChI is InChI=1S/C27H22N2O8/c1-17-2-8-21(9-3-17)28-15-20(14-25(28)31)26(32)36-16-24(30)18-6-12-23(13-7-18)37-27(33)19-4-10-22(11-5-19)29(34)35/h2-13,20H,14-16H2,1H3. The molecule has 10 nitrogen and oxygen atoms in total. The molecule has 1 aliphatic heterocycles. The quantitative estimate of drug-likeness (QED) is 0.149. The highest BCUT2D eigenvalue weighted by atomic mass is 16.6. The molecule has 0 radical (unpaired) electrons. The molecule has 0 spiro atoms. The summed E-state index contributed by atoms with van der Waals surface area (Å²) in [5, 5.41) is 10.7. The summed E-state index contributed by atoms with van der Waals surface area (Å²) in [6.45, 7) is 1.63. The van der Waals surface area contributed by atoms with Crippen molar-refractivity contribution in [1.82, 2.24) is 0 Å². The van der Waals surface area contributed by atoms with Gasteiger partial charge in [-0.15, -0.1) is 0 Å². The van der Waals surface area contributed by atoms with Crippen molar-refractivity contribution in [2.24, 2.45) is 5.92 Å². The van der Waals surface area contributed by atoms with E-state index in [1.54, 1.807) is 0 Å². The molecule has 1 amide bonds. The number of nitro groups is 1. The first-order chi connectivity index (χ1) is 17.7. The first kappa shape index (κ1) is 25.2. The van der Waals surface area contributed by atoms with Crippen LogP contribution in [0.15, 0.2) is 72.8 Å². The molecule has 10 heteroatoms. The Morgan fingerprint density at radius 3 is 2.19 bits per heavy atom. The van der Waals surface area contributed by atoms with Crippen LogP contribution in [0.5, 0.6) is 5.75 Å². The van der Waals surface area contributed by atoms with Crippen LogP contribution in [0.4, 0.5) is 11.4 Å². The number of hydrogen-bond acceptors (Lipinski definition) is 8. The number of nitrogens with zero attached hydrogens (tertiary/aromatic N) is 2. The largest absolute Gasteiger partial charge is 0.457 e. The lowest BCUT2D eigenvalue weighted by Crippen LogP contribution is -2.27. The molecule has 1 aliphatic rings. The van der Waals surface area contributed by atoms with Gasteiger partial charge in [0, 0.05) is 36.3 Å². The number of amides is 1. The lowest BCUT2D eigenvalue weighted by atomic mass is 10.1. The lowest BCUT2D eigenvalue weighted by Gasteiger charge is -2.16. The third-order valence-electron chi connectivity index (χ3n) is 5.85. The van der Waals surface area contributed by atoms with Gasteiger partial charge in [-0.1, -0.05) is 17.7 Å². The third kappa shape index (κ3) is 6.04. The van der Waals surface area contributed by atoms with Gasteiger partial charge in [0.1, 0.15) is 5.75 Å². The van der Waals surface area contributed by atoms with E-state index in [1.807, 2.05) is 31.2 Å². The predicted molar refractivity (Wildman–Crippen MR) is 131 cm³/mol. The fourth-order valence-electron chi connectivity index (χ4n) is 3.77. The van der Waals surface area contributed by atoms with Gasteiger partial charge >= 0.3 is 11.9 Å². The Labute approximate surface area is 211 Å². The Kier molecular flexibility index (Phi) is 7.38. The van der Waals surface area contributed by atoms with Crippen LogP contribution in [0.2, 0.25) is 0 Å². The van der Waals surface area contributed by atoms with Gasteiger partial charge in [-0.05, 0) is 55.5 Å². The first-order valence-electron chi connectivity index (χ1n) is 11.3. The summed E-state index contributed by atoms with van der Waals surface area (Å²) in [5.41, 5.74) is 1.98. The van der Waals surface area contributed by atoms with Crippen LogP contribution in [0.1, 0.15) is 32.7 Å². The Bertz CT molecular complexity index is 1350. The number of ketones is 1. The minimum absolute atomic E-state index is 0.00965. The average Bonchev–Trinajstić information content (AvgIpc) is 3.29. The zero-order valence-electron chi connectivity index (χ0n) is 19.8. The Hall–Kier alpha value is -4.86. The minimum Gasteiger partial charge on any atom is -0.457 e. The SMILES string of the molecule is Cc1ccc(N2CC(C(=O)OCC(=O)c3ccc(OC(=O)c4ccc([N+](=O)[O-])cc4)cc3)CC2=O)cc1. The Balaban J connectivity index is 1.28. The summed E-state index contributed by atoms with van der Waals surface area (Å²) in [6.07, 6.45) is 0.00965. The molecule has 3 aromatic carbocycles. The molecular formula is C27H22N2O8. The molecule has 4 rings (SSSR count). The second kappa shape index (κ2) is 10.8. The summed E-state index contributed by atoms with van der Waals surface area (Å²) in [4.78, 5) is 61.2. The molecule has 37 heavy (non-hydrogen) atoms. The highest BCUT2D eigenvalue weighted by Crippen LogP contribution is 2.26. The van der Waals surface area contributed by atoms with E-state index in [-0.39, 0.29) is 41.4 Å². The molecule has 0 saturated carbocycles. The number of hydrogen-bond donors (Lipinski definition) is 0. The maximum atomic E-state index is 12.5. The fourth-order valence-corrected chi connectivity index (χ4v) is 3.77. The van der Waals surface area contributed by atoms with E-state index < -0.39 is 35.2 Å². The Morgan fingerprint density at radius 2 is 1.57 bits per heavy atom. The van der Waals surface area contributed by atoms with Gasteiger partial charge in [0.15, 0.2) is 12.4 Å². The number of esters is 2. The van der Waals surface area contributed by atoms with Crippen molar-refractivity contribution in [2.45, 2.75) is 13.3 Å². The predicted octanol–water partition coefficient (Wildman–Crippen LogP) is 3.90. The number of rotatable bonds is 8. The van der Waals surface area contributed by atoms with Crippen molar-refractivity contribution >= 4 is 35.0 Å². The molecule has 188 valence electrons. The van der Waals surface area contributed by atoms with E-state index >= 15 is 0 Å². The van der Waals surface area contributed by atoms with Gasteiger partial charge in [-0.2, -0.15) is 0 Å². The van der Waals surface area contributed by atoms with Crippen molar-refractivity contribution in [3.63, 3.8) is 0 Å². The van der Waals surface area contributed by atoms with E-state index in [9.17, 15) is 29.3 Å². The molecule has 1 saturated heterocycles. The summed E-state index contributed by atoms with van der Waals surface area (Å²) in [6, 6.07) is 18.0. The third-order valence-corrected chi connectivity index (χ3v) is 5.85. The minimum atomic E-state index is -0.714. The van der Waals surface area contributed by atoms with E-state index in [2.05, 4.69) is 0 Å². The molecule has 0 aliphatic carbocycles. The first-order valence-corrected chi connectivity index (χ1v) is 11.3. The maximum Gasteiger partial charge on any atom is 0.343 e. The molecule has 1 atom stereocenters. The molecule has 1 heterocycles. The number of nitro benzene ring substituents is 1. The number of ether oxygens (including phenoxy) is 2. The van der Waals surface area contributed by atoms with Gasteiger partial charge in [-0.25, -0.2) is 4.79 Å². The molecule has 0 bridgehead atoms. The van der Waals surface area contributed by atoms with Crippen molar-refractivity contribution in [3.8, 4) is 5.75 Å². The molecule has 3 aromatic rings. The summed E-state index contributed by atoms with van der Waals surface area (Å²) in [7, 11) is 0. The van der Waals surface area contributed by atoms with Crippen LogP contribution in [-0.2, 0) is 14.3 Å². The van der Waals surface area contributed by atoms with Gasteiger partial charge in [0.05, 0.1) is 16.4 Å². The fraction of sp³-hybridized carbons (Fsp3) is 0.185. The number of carbonyl (C=O) groups is 4. The van der Waals surface area contributed by atoms with Crippen LogP contribution >= 0.6 is 0 Å². The van der Waals surface area contributed by atoms with Gasteiger partial charge in [0.25, 0.3) is 5.69 Å². The number of Topliss-reactive ketones (excluding diaryl/α,β-unsaturated/α-hetero) is 1. The number of anilines is 1. The topological polar surface area (TPSA) is 133 Å². The second-order valence-corrected chi connectivity index (χ2v) is 8.49. The Morgan fingerprint density at radius 1 is 0.946 bits per heavy atom. The molecule has 0 aromatic heterocycles. The molecule has 0 N–H and O–H groups in total. The smallest absolute Gasteiger partial charge is 0.343 e. The zero-order valence-corrected chi connectivity index (χ0v) is 19.8. The van der Waals surface area contributed by atoms with Gasteiger partial charge < -0.3 is 14.4 Å². The second-order valence-electron chi connectivity index (χ2n) is 8.49. The highest BCUT2D eigenvalue weighted by Gasteiger charge is 2.36. The molecule has 1 unspecified atom stereocenters. The van der Waals surface area contributed by atoms with E-state index in [4.69, 9.17) is 9.47 Å². The lowest BCUT2D eigenvalue weighted by molar-refractivity contribution is -0.384. The normalized spacial score (nSPS) is 14.8. The molecule has 1 fully saturated rings. The molecular weight excluding hydrogens is 480 g/mol. The van der Waals surface area contributed by atoms with Crippen LogP contribution in [0.3, 0.4) is 0 Å². The van der Waals surface area contributed by atoms with E-state index in [0.29, 0.717) is 5.69 Å². The zero-order chi connectivity index (χ0) is 26.5. The van der Waals surface area contributed by atoms with Crippen LogP contribution < -0.4 is 9.64 Å². The number of aryl methyl sites for hydroxylation is 1. The van der Waals surface area contributed by atoms with Gasteiger partial charge in [0.2, 0.25) is 5.91 Å². The average molecular weight is 502 g/mol. The maximum absolute atomic E-state index is 12.5. The summed E-state index contributed by atoms with van der Waals surface area (Å²) >= 11 is 0. The summed E-state index contributed by atoms with van der Waals surface area (Å²) < 4.78 is 10.4. The van der Waals surface area contributed by atoms with E-state index in [0.717, 1.165) is 5.56 Å². The van der Waals surface area contributed by atoms with Crippen molar-refractivity contribution in [2.75, 3.05) is 18.1 Å². The van der Waals surface area contributed by atoms with Crippen molar-refractivity contribution in [3.05, 3.63) is 99.6 Å². The number of carbonyl (C=O) groups excluding carboxylic acids is 4. The summed E-state index contributed by atoms with van der Waals surface area (Å²) in [5.74, 6) is -2.48. The van der Waals surface area contributed by atoms with Crippen LogP contribution in [0, 0.1) is 23.0 Å². The number of non-ortho nitro benzene ring substituents is 1. The monoisotopic (exact) mass is 502 g/mol. The van der Waals surface area contributed by atoms with Crippen molar-refractivity contribution < 1.29 is 33.6 Å². The number of benzene rings is 3.